The predicted molar refractivity (Wildman–Crippen MR) is 153 cm³/mol. The average molecular weight is 598 g/mol. The van der Waals surface area contributed by atoms with Crippen LogP contribution >= 0.6 is 35.6 Å². The highest BCUT2D eigenvalue weighted by Crippen LogP contribution is 2.38. The molecule has 0 unspecified atom stereocenters. The Morgan fingerprint density at radius 3 is 2.16 bits per heavy atom. The van der Waals surface area contributed by atoms with Gasteiger partial charge in [0.05, 0.1) is 12.1 Å². The normalized spacial score (nSPS) is 12.8. The first-order valence-electron chi connectivity index (χ1n) is 12.1. The first-order valence-corrected chi connectivity index (χ1v) is 14.3. The SMILES string of the molecule is CCCN(CCC)S(=O)(=O)c1ccc(OC[C@H](O)CNC(C)(C)Cc2ccc(OC)cc2)c(Cl)c1Cl.Cl. The topological polar surface area (TPSA) is 88.1 Å². The number of rotatable bonds is 15. The number of β-amino-alcohol motifs (C(OH)–C–C–N with tert-alkyl or cyclic N) is 1. The van der Waals surface area contributed by atoms with Crippen LogP contribution in [0.5, 0.6) is 11.5 Å². The summed E-state index contributed by atoms with van der Waals surface area (Å²) in [6, 6.07) is 10.8. The van der Waals surface area contributed by atoms with E-state index >= 15 is 0 Å². The van der Waals surface area contributed by atoms with Gasteiger partial charge < -0.3 is 19.9 Å². The molecule has 2 aromatic carbocycles. The maximum Gasteiger partial charge on any atom is 0.244 e. The standard InChI is InChI=1S/C26H38Cl2N2O5S.ClH/c1-6-14-30(15-7-2)36(32,33)23-13-12-22(24(27)25(23)28)35-18-20(31)17-29-26(3,4)16-19-8-10-21(34-5)11-9-19;/h8-13,20,29,31H,6-7,14-18H2,1-5H3;1H/t20-;/m1./s1. The third-order valence-corrected chi connectivity index (χ3v) is 8.55. The van der Waals surface area contributed by atoms with Crippen LogP contribution < -0.4 is 14.8 Å². The molecule has 0 aliphatic rings. The maximum atomic E-state index is 13.1. The van der Waals surface area contributed by atoms with Crippen molar-refractivity contribution in [3.8, 4) is 11.5 Å². The van der Waals surface area contributed by atoms with Gasteiger partial charge in [-0.25, -0.2) is 8.42 Å². The van der Waals surface area contributed by atoms with E-state index in [1.165, 1.54) is 16.4 Å². The molecule has 0 fully saturated rings. The Morgan fingerprint density at radius 2 is 1.62 bits per heavy atom. The van der Waals surface area contributed by atoms with Gasteiger partial charge in [-0.15, -0.1) is 12.4 Å². The zero-order valence-corrected chi connectivity index (χ0v) is 25.2. The number of halogens is 3. The van der Waals surface area contributed by atoms with Crippen molar-refractivity contribution in [2.45, 2.75) is 63.5 Å². The highest BCUT2D eigenvalue weighted by Gasteiger charge is 2.28. The van der Waals surface area contributed by atoms with Crippen molar-refractivity contribution in [3.05, 3.63) is 52.0 Å². The van der Waals surface area contributed by atoms with E-state index in [0.29, 0.717) is 32.5 Å². The lowest BCUT2D eigenvalue weighted by molar-refractivity contribution is 0.0988. The van der Waals surface area contributed by atoms with Crippen molar-refractivity contribution in [1.82, 2.24) is 9.62 Å². The second-order valence-corrected chi connectivity index (χ2v) is 12.0. The minimum Gasteiger partial charge on any atom is -0.497 e. The number of nitrogens with zero attached hydrogens (tertiary/aromatic N) is 1. The number of ether oxygens (including phenoxy) is 2. The third kappa shape index (κ3) is 9.77. The van der Waals surface area contributed by atoms with E-state index in [2.05, 4.69) is 19.2 Å². The van der Waals surface area contributed by atoms with Gasteiger partial charge >= 0.3 is 0 Å². The van der Waals surface area contributed by atoms with Crippen molar-refractivity contribution in [3.63, 3.8) is 0 Å². The van der Waals surface area contributed by atoms with E-state index in [-0.39, 0.29) is 45.2 Å². The van der Waals surface area contributed by atoms with E-state index in [0.717, 1.165) is 17.7 Å². The summed E-state index contributed by atoms with van der Waals surface area (Å²) >= 11 is 12.7. The molecule has 0 amide bonds. The fourth-order valence-corrected chi connectivity index (χ4v) is 6.19. The van der Waals surface area contributed by atoms with Gasteiger partial charge in [0, 0.05) is 25.2 Å². The molecule has 0 saturated carbocycles. The summed E-state index contributed by atoms with van der Waals surface area (Å²) in [6.07, 6.45) is 1.32. The smallest absolute Gasteiger partial charge is 0.244 e. The Labute approximate surface area is 237 Å². The summed E-state index contributed by atoms with van der Waals surface area (Å²) in [5.74, 6) is 1.02. The summed E-state index contributed by atoms with van der Waals surface area (Å²) in [6.45, 7) is 9.01. The molecule has 0 aliphatic heterocycles. The van der Waals surface area contributed by atoms with Crippen molar-refractivity contribution >= 4 is 45.6 Å². The Morgan fingerprint density at radius 1 is 1.03 bits per heavy atom. The van der Waals surface area contributed by atoms with Gasteiger partial charge in [-0.2, -0.15) is 4.31 Å². The summed E-state index contributed by atoms with van der Waals surface area (Å²) < 4.78 is 38.5. The molecular weight excluding hydrogens is 559 g/mol. The molecule has 210 valence electrons. The number of benzene rings is 2. The van der Waals surface area contributed by atoms with E-state index in [1.807, 2.05) is 38.1 Å². The van der Waals surface area contributed by atoms with Crippen LogP contribution in [0.4, 0.5) is 0 Å². The van der Waals surface area contributed by atoms with Crippen LogP contribution in [-0.2, 0) is 16.4 Å². The summed E-state index contributed by atoms with van der Waals surface area (Å²) in [5, 5.41) is 13.7. The van der Waals surface area contributed by atoms with Gasteiger partial charge in [-0.05, 0) is 62.9 Å². The highest BCUT2D eigenvalue weighted by molar-refractivity contribution is 7.89. The van der Waals surface area contributed by atoms with Crippen molar-refractivity contribution in [1.29, 1.82) is 0 Å². The average Bonchev–Trinajstić information content (AvgIpc) is 2.83. The molecule has 0 heterocycles. The molecular formula is C26H39Cl3N2O5S. The van der Waals surface area contributed by atoms with Crippen LogP contribution in [0.1, 0.15) is 46.1 Å². The van der Waals surface area contributed by atoms with E-state index in [1.54, 1.807) is 7.11 Å². The fourth-order valence-electron chi connectivity index (χ4n) is 3.77. The lowest BCUT2D eigenvalue weighted by atomic mass is 9.94. The predicted octanol–water partition coefficient (Wildman–Crippen LogP) is 5.59. The first kappa shape index (κ1) is 33.8. The van der Waals surface area contributed by atoms with E-state index in [9.17, 15) is 13.5 Å². The Kier molecular flexibility index (Phi) is 14.0. The van der Waals surface area contributed by atoms with Crippen LogP contribution in [-0.4, -0.2) is 62.8 Å². The Hall–Kier alpha value is -1.26. The van der Waals surface area contributed by atoms with Gasteiger partial charge in [-0.1, -0.05) is 49.2 Å². The van der Waals surface area contributed by atoms with Gasteiger partial charge in [-0.3, -0.25) is 0 Å². The van der Waals surface area contributed by atoms with Crippen LogP contribution in [0.2, 0.25) is 10.0 Å². The molecule has 37 heavy (non-hydrogen) atoms. The second kappa shape index (κ2) is 15.4. The van der Waals surface area contributed by atoms with Crippen LogP contribution in [0, 0.1) is 0 Å². The zero-order chi connectivity index (χ0) is 26.9. The van der Waals surface area contributed by atoms with Crippen molar-refractivity contribution < 1.29 is 23.0 Å². The lowest BCUT2D eigenvalue weighted by Crippen LogP contribution is -2.46. The number of methoxy groups -OCH3 is 1. The number of aliphatic hydroxyl groups excluding tert-OH is 1. The largest absolute Gasteiger partial charge is 0.497 e. The number of hydrogen-bond acceptors (Lipinski definition) is 6. The molecule has 0 spiro atoms. The molecule has 1 atom stereocenters. The Bertz CT molecular complexity index is 1080. The van der Waals surface area contributed by atoms with E-state index < -0.39 is 16.1 Å². The first-order chi connectivity index (χ1) is 16.9. The molecule has 2 rings (SSSR count). The molecule has 0 aliphatic carbocycles. The zero-order valence-electron chi connectivity index (χ0n) is 22.1. The molecule has 7 nitrogen and oxygen atoms in total. The fraction of sp³-hybridized carbons (Fsp3) is 0.538. The summed E-state index contributed by atoms with van der Waals surface area (Å²) in [5.41, 5.74) is 0.877. The molecule has 0 radical (unpaired) electrons. The number of nitrogens with one attached hydrogen (secondary N) is 1. The molecule has 2 aromatic rings. The van der Waals surface area contributed by atoms with Gasteiger partial charge in [0.25, 0.3) is 0 Å². The van der Waals surface area contributed by atoms with Gasteiger partial charge in [0.15, 0.2) is 0 Å². The maximum absolute atomic E-state index is 13.1. The van der Waals surface area contributed by atoms with Crippen molar-refractivity contribution in [2.24, 2.45) is 0 Å². The summed E-state index contributed by atoms with van der Waals surface area (Å²) in [7, 11) is -2.15. The molecule has 0 bridgehead atoms. The molecule has 0 aromatic heterocycles. The number of hydrogen-bond donors (Lipinski definition) is 2. The Balaban J connectivity index is 0.00000684. The van der Waals surface area contributed by atoms with Gasteiger partial charge in [0.1, 0.15) is 34.1 Å². The number of aliphatic hydroxyl groups is 1. The molecule has 0 saturated heterocycles. The third-order valence-electron chi connectivity index (χ3n) is 5.63. The second-order valence-electron chi connectivity index (χ2n) is 9.35. The molecule has 11 heteroatoms. The van der Waals surface area contributed by atoms with Gasteiger partial charge in [0.2, 0.25) is 10.0 Å². The van der Waals surface area contributed by atoms with E-state index in [4.69, 9.17) is 32.7 Å². The minimum atomic E-state index is -3.79. The molecule has 2 N–H and O–H groups in total. The number of sulfonamides is 1. The highest BCUT2D eigenvalue weighted by atomic mass is 35.5. The quantitative estimate of drug-likeness (QED) is 0.279. The van der Waals surface area contributed by atoms with Crippen molar-refractivity contribution in [2.75, 3.05) is 33.4 Å². The monoisotopic (exact) mass is 596 g/mol. The van der Waals surface area contributed by atoms with Crippen LogP contribution in [0.15, 0.2) is 41.3 Å². The minimum absolute atomic E-state index is 0. The summed E-state index contributed by atoms with van der Waals surface area (Å²) in [4.78, 5) is -0.0501. The van der Waals surface area contributed by atoms with Crippen LogP contribution in [0.25, 0.3) is 0 Å². The van der Waals surface area contributed by atoms with Crippen LogP contribution in [0.3, 0.4) is 0 Å². The lowest BCUT2D eigenvalue weighted by Gasteiger charge is -2.28.